The van der Waals surface area contributed by atoms with Crippen LogP contribution in [-0.4, -0.2) is 49.1 Å². The van der Waals surface area contributed by atoms with E-state index in [1.807, 2.05) is 6.92 Å². The minimum Gasteiger partial charge on any atom is -0.452 e. The Morgan fingerprint density at radius 2 is 2.35 bits per heavy atom. The summed E-state index contributed by atoms with van der Waals surface area (Å²) >= 11 is 5.82. The molecule has 1 N–H and O–H groups in total. The Labute approximate surface area is 122 Å². The first-order chi connectivity index (χ1) is 9.65. The summed E-state index contributed by atoms with van der Waals surface area (Å²) in [6.45, 7) is 3.48. The van der Waals surface area contributed by atoms with E-state index in [2.05, 4.69) is 5.32 Å². The van der Waals surface area contributed by atoms with E-state index in [0.29, 0.717) is 19.7 Å². The molecular weight excluding hydrogens is 284 g/mol. The van der Waals surface area contributed by atoms with Crippen molar-refractivity contribution in [3.05, 3.63) is 23.1 Å². The van der Waals surface area contributed by atoms with Crippen molar-refractivity contribution in [2.24, 2.45) is 0 Å². The molecule has 110 valence electrons. The molecule has 2 heterocycles. The molecule has 20 heavy (non-hydrogen) atoms. The highest BCUT2D eigenvalue weighted by Crippen LogP contribution is 2.21. The van der Waals surface area contributed by atoms with Gasteiger partial charge in [0.1, 0.15) is 6.04 Å². The maximum Gasteiger partial charge on any atom is 0.259 e. The molecule has 0 bridgehead atoms. The van der Waals surface area contributed by atoms with Crippen LogP contribution in [0.1, 0.15) is 23.7 Å². The zero-order valence-electron chi connectivity index (χ0n) is 11.2. The van der Waals surface area contributed by atoms with Gasteiger partial charge in [-0.25, -0.2) is 0 Å². The summed E-state index contributed by atoms with van der Waals surface area (Å²) in [5.41, 5.74) is 0.266. The first-order valence-corrected chi connectivity index (χ1v) is 6.92. The van der Waals surface area contributed by atoms with Crippen LogP contribution < -0.4 is 5.32 Å². The number of rotatable bonds is 4. The van der Waals surface area contributed by atoms with E-state index in [0.717, 1.165) is 6.42 Å². The highest BCUT2D eigenvalue weighted by molar-refractivity contribution is 6.32. The van der Waals surface area contributed by atoms with E-state index in [9.17, 15) is 9.59 Å². The van der Waals surface area contributed by atoms with Gasteiger partial charge in [-0.3, -0.25) is 9.59 Å². The second-order valence-electron chi connectivity index (χ2n) is 4.49. The van der Waals surface area contributed by atoms with Crippen LogP contribution in [0.5, 0.6) is 0 Å². The van der Waals surface area contributed by atoms with Crippen molar-refractivity contribution >= 4 is 23.4 Å². The van der Waals surface area contributed by atoms with Gasteiger partial charge in [-0.15, -0.1) is 0 Å². The number of carbonyl (C=O) groups is 2. The normalized spacial score (nSPS) is 18.9. The van der Waals surface area contributed by atoms with Gasteiger partial charge in [-0.1, -0.05) is 6.92 Å². The van der Waals surface area contributed by atoms with Crippen molar-refractivity contribution < 1.29 is 18.7 Å². The van der Waals surface area contributed by atoms with Crippen molar-refractivity contribution in [1.29, 1.82) is 0 Å². The molecule has 1 saturated heterocycles. The molecule has 1 aromatic rings. The number of nitrogens with one attached hydrogen (secondary N) is 1. The highest BCUT2D eigenvalue weighted by Gasteiger charge is 2.34. The summed E-state index contributed by atoms with van der Waals surface area (Å²) in [7, 11) is 0. The fraction of sp³-hybridized carbons (Fsp3) is 0.538. The fourth-order valence-electron chi connectivity index (χ4n) is 2.03. The minimum atomic E-state index is -0.631. The van der Waals surface area contributed by atoms with Crippen LogP contribution >= 0.6 is 11.6 Å². The standard InChI is InChI=1S/C13H17ClN2O4/c1-2-4-15-12(17)10-8-19-7-5-16(10)13(18)9-3-6-20-11(9)14/h3,6,10H,2,4-5,7-8H2,1H3,(H,15,17). The van der Waals surface area contributed by atoms with Crippen molar-refractivity contribution in [2.75, 3.05) is 26.3 Å². The van der Waals surface area contributed by atoms with Crippen molar-refractivity contribution in [3.8, 4) is 0 Å². The summed E-state index contributed by atoms with van der Waals surface area (Å²) < 4.78 is 10.2. The van der Waals surface area contributed by atoms with Gasteiger partial charge in [0.25, 0.3) is 5.91 Å². The molecule has 0 spiro atoms. The monoisotopic (exact) mass is 300 g/mol. The summed E-state index contributed by atoms with van der Waals surface area (Å²) in [5, 5.41) is 2.81. The molecule has 1 atom stereocenters. The van der Waals surface area contributed by atoms with Crippen molar-refractivity contribution in [1.82, 2.24) is 10.2 Å². The Kier molecular flexibility index (Phi) is 5.03. The van der Waals surface area contributed by atoms with Gasteiger partial charge in [0, 0.05) is 13.1 Å². The molecule has 1 fully saturated rings. The summed E-state index contributed by atoms with van der Waals surface area (Å²) in [4.78, 5) is 26.0. The second kappa shape index (κ2) is 6.76. The topological polar surface area (TPSA) is 71.8 Å². The van der Waals surface area contributed by atoms with Crippen LogP contribution in [0.3, 0.4) is 0 Å². The lowest BCUT2D eigenvalue weighted by Crippen LogP contribution is -2.56. The fourth-order valence-corrected chi connectivity index (χ4v) is 2.23. The second-order valence-corrected chi connectivity index (χ2v) is 4.83. The Hall–Kier alpha value is -1.53. The van der Waals surface area contributed by atoms with E-state index in [4.69, 9.17) is 20.8 Å². The van der Waals surface area contributed by atoms with Gasteiger partial charge >= 0.3 is 0 Å². The number of ether oxygens (including phenoxy) is 1. The summed E-state index contributed by atoms with van der Waals surface area (Å²) in [5.74, 6) is -0.525. The van der Waals surface area contributed by atoms with Gasteiger partial charge in [0.05, 0.1) is 25.0 Å². The van der Waals surface area contributed by atoms with E-state index < -0.39 is 6.04 Å². The Morgan fingerprint density at radius 1 is 1.55 bits per heavy atom. The summed E-state index contributed by atoms with van der Waals surface area (Å²) in [6.07, 6.45) is 2.18. The molecule has 1 aromatic heterocycles. The molecule has 0 aromatic carbocycles. The van der Waals surface area contributed by atoms with Gasteiger partial charge in [0.15, 0.2) is 0 Å². The number of hydrogen-bond donors (Lipinski definition) is 1. The van der Waals surface area contributed by atoms with Crippen molar-refractivity contribution in [2.45, 2.75) is 19.4 Å². The quantitative estimate of drug-likeness (QED) is 0.910. The molecule has 1 aliphatic rings. The molecule has 1 unspecified atom stereocenters. The molecule has 0 aliphatic carbocycles. The minimum absolute atomic E-state index is 0.0363. The highest BCUT2D eigenvalue weighted by atomic mass is 35.5. The number of halogens is 1. The first kappa shape index (κ1) is 14.9. The van der Waals surface area contributed by atoms with Gasteiger partial charge in [-0.05, 0) is 24.1 Å². The molecule has 1 aliphatic heterocycles. The lowest BCUT2D eigenvalue weighted by atomic mass is 10.1. The van der Waals surface area contributed by atoms with Crippen LogP contribution in [0.4, 0.5) is 0 Å². The third kappa shape index (κ3) is 3.13. The van der Waals surface area contributed by atoms with Crippen LogP contribution in [0.15, 0.2) is 16.7 Å². The van der Waals surface area contributed by atoms with E-state index >= 15 is 0 Å². The largest absolute Gasteiger partial charge is 0.452 e. The molecule has 0 saturated carbocycles. The summed E-state index contributed by atoms with van der Waals surface area (Å²) in [6, 6.07) is 0.870. The Balaban J connectivity index is 2.12. The number of carbonyl (C=O) groups excluding carboxylic acids is 2. The number of morpholine rings is 1. The average Bonchev–Trinajstić information content (AvgIpc) is 2.90. The van der Waals surface area contributed by atoms with Gasteiger partial charge in [-0.2, -0.15) is 0 Å². The zero-order chi connectivity index (χ0) is 14.5. The van der Waals surface area contributed by atoms with Crippen molar-refractivity contribution in [3.63, 3.8) is 0 Å². The smallest absolute Gasteiger partial charge is 0.259 e. The SMILES string of the molecule is CCCNC(=O)C1COCCN1C(=O)c1ccoc1Cl. The molecule has 7 heteroatoms. The molecule has 0 radical (unpaired) electrons. The third-order valence-corrected chi connectivity index (χ3v) is 3.38. The molecular formula is C13H17ClN2O4. The van der Waals surface area contributed by atoms with E-state index in [1.54, 1.807) is 0 Å². The number of hydrogen-bond acceptors (Lipinski definition) is 4. The Bertz CT molecular complexity index is 488. The number of nitrogens with zero attached hydrogens (tertiary/aromatic N) is 1. The lowest BCUT2D eigenvalue weighted by Gasteiger charge is -2.34. The van der Waals surface area contributed by atoms with Crippen LogP contribution in [0.2, 0.25) is 5.22 Å². The van der Waals surface area contributed by atoms with Crippen LogP contribution in [0, 0.1) is 0 Å². The van der Waals surface area contributed by atoms with Gasteiger partial charge < -0.3 is 19.4 Å². The van der Waals surface area contributed by atoms with Gasteiger partial charge in [0.2, 0.25) is 11.1 Å². The first-order valence-electron chi connectivity index (χ1n) is 6.54. The van der Waals surface area contributed by atoms with E-state index in [1.165, 1.54) is 17.2 Å². The van der Waals surface area contributed by atoms with Crippen LogP contribution in [0.25, 0.3) is 0 Å². The van der Waals surface area contributed by atoms with Crippen LogP contribution in [-0.2, 0) is 9.53 Å². The maximum absolute atomic E-state index is 12.4. The number of furan rings is 1. The predicted octanol–water partition coefficient (Wildman–Crippen LogP) is 1.30. The maximum atomic E-state index is 12.4. The average molecular weight is 301 g/mol. The molecule has 6 nitrogen and oxygen atoms in total. The zero-order valence-corrected chi connectivity index (χ0v) is 12.0. The molecule has 2 amide bonds. The third-order valence-electron chi connectivity index (χ3n) is 3.09. The lowest BCUT2D eigenvalue weighted by molar-refractivity contribution is -0.130. The number of amides is 2. The predicted molar refractivity (Wildman–Crippen MR) is 72.7 cm³/mol. The molecule has 2 rings (SSSR count). The Morgan fingerprint density at radius 3 is 3.00 bits per heavy atom. The van der Waals surface area contributed by atoms with E-state index in [-0.39, 0.29) is 29.2 Å².